The molecule has 6 heterocycles. The van der Waals surface area contributed by atoms with Gasteiger partial charge in [-0.05, 0) is 86.0 Å². The highest BCUT2D eigenvalue weighted by Crippen LogP contribution is 2.65. The Morgan fingerprint density at radius 1 is 0.974 bits per heavy atom. The maximum atomic E-state index is 5.55. The predicted octanol–water partition coefficient (Wildman–Crippen LogP) is 6.11. The minimum Gasteiger partial charge on any atom is -0.378 e. The first-order valence-corrected chi connectivity index (χ1v) is 15.5. The molecule has 8 heteroatoms. The molecule has 4 aromatic rings. The van der Waals surface area contributed by atoms with Crippen molar-refractivity contribution in [3.8, 4) is 11.3 Å². The van der Waals surface area contributed by atoms with Crippen molar-refractivity contribution in [3.05, 3.63) is 39.7 Å². The van der Waals surface area contributed by atoms with E-state index in [1.807, 2.05) is 15.9 Å². The molecule has 1 N–H and O–H groups in total. The molecule has 206 valence electrons. The Balaban J connectivity index is 1.06. The van der Waals surface area contributed by atoms with Gasteiger partial charge in [0.2, 0.25) is 0 Å². The molecule has 39 heavy (non-hydrogen) atoms. The largest absolute Gasteiger partial charge is 0.378 e. The van der Waals surface area contributed by atoms with Crippen molar-refractivity contribution in [2.45, 2.75) is 90.3 Å². The molecule has 4 aliphatic rings. The number of aromatic amines is 1. The van der Waals surface area contributed by atoms with E-state index in [1.165, 1.54) is 69.4 Å². The third kappa shape index (κ3) is 3.51. The second-order valence-electron chi connectivity index (χ2n) is 13.2. The van der Waals surface area contributed by atoms with Crippen molar-refractivity contribution in [1.82, 2.24) is 24.5 Å². The summed E-state index contributed by atoms with van der Waals surface area (Å²) in [6.45, 7) is 15.1. The molecule has 0 amide bonds. The molecule has 4 fully saturated rings. The summed E-state index contributed by atoms with van der Waals surface area (Å²) in [5.74, 6) is 1.14. The van der Waals surface area contributed by atoms with Gasteiger partial charge in [0.1, 0.15) is 11.2 Å². The van der Waals surface area contributed by atoms with Crippen LogP contribution in [0.5, 0.6) is 0 Å². The van der Waals surface area contributed by atoms with Crippen molar-refractivity contribution in [2.75, 3.05) is 26.4 Å². The van der Waals surface area contributed by atoms with Crippen LogP contribution in [0.4, 0.5) is 0 Å². The van der Waals surface area contributed by atoms with Crippen LogP contribution >= 0.6 is 11.3 Å². The monoisotopic (exact) mass is 545 g/mol. The van der Waals surface area contributed by atoms with Crippen LogP contribution in [0.3, 0.4) is 0 Å². The number of H-pyrrole nitrogens is 1. The maximum absolute atomic E-state index is 5.55. The van der Waals surface area contributed by atoms with Crippen LogP contribution in [0, 0.1) is 26.2 Å². The number of hydrogen-bond acceptors (Lipinski definition) is 6. The van der Waals surface area contributed by atoms with Crippen LogP contribution in [0.1, 0.15) is 78.5 Å². The van der Waals surface area contributed by atoms with Gasteiger partial charge in [-0.3, -0.25) is 4.90 Å². The van der Waals surface area contributed by atoms with Crippen LogP contribution in [0.25, 0.3) is 27.1 Å². The number of nitrogens with zero attached hydrogens (tertiary/aromatic N) is 4. The number of thiophene rings is 1. The van der Waals surface area contributed by atoms with Gasteiger partial charge in [-0.15, -0.1) is 11.3 Å². The highest BCUT2D eigenvalue weighted by atomic mass is 32.1. The van der Waals surface area contributed by atoms with E-state index in [4.69, 9.17) is 9.47 Å². The zero-order valence-electron chi connectivity index (χ0n) is 23.7. The van der Waals surface area contributed by atoms with Crippen molar-refractivity contribution in [2.24, 2.45) is 5.41 Å². The Morgan fingerprint density at radius 3 is 2.28 bits per heavy atom. The Bertz CT molecular complexity index is 1560. The molecule has 0 aromatic carbocycles. The summed E-state index contributed by atoms with van der Waals surface area (Å²) >= 11 is 2.01. The van der Waals surface area contributed by atoms with E-state index in [9.17, 15) is 0 Å². The fraction of sp³-hybridized carbons (Fsp3) is 0.613. The minimum atomic E-state index is 0.429. The van der Waals surface area contributed by atoms with Crippen molar-refractivity contribution in [1.29, 1.82) is 0 Å². The number of fused-ring (bicyclic) bond motifs is 2. The Hall–Kier alpha value is -2.26. The number of ether oxygens (including phenoxy) is 2. The molecule has 2 aliphatic carbocycles. The first-order chi connectivity index (χ1) is 18.8. The summed E-state index contributed by atoms with van der Waals surface area (Å²) in [7, 11) is 0. The van der Waals surface area contributed by atoms with E-state index in [1.54, 1.807) is 11.2 Å². The first kappa shape index (κ1) is 24.5. The SMILES string of the molecule is Cc1c(-c2[nH]c3sc(C4CC5(C4)CC(N(C4COC4)C4COC4)C5)c(C)c3c2C(C)C)cn2ncnc2c1C. The number of hydrogen-bond donors (Lipinski definition) is 1. The lowest BCUT2D eigenvalue weighted by Gasteiger charge is -2.63. The smallest absolute Gasteiger partial charge is 0.158 e. The van der Waals surface area contributed by atoms with E-state index in [-0.39, 0.29) is 0 Å². The van der Waals surface area contributed by atoms with Crippen molar-refractivity contribution in [3.63, 3.8) is 0 Å². The molecule has 0 atom stereocenters. The van der Waals surface area contributed by atoms with Gasteiger partial charge < -0.3 is 14.5 Å². The molecular formula is C31H39N5O2S. The number of aryl methyl sites for hydroxylation is 2. The van der Waals surface area contributed by atoms with Gasteiger partial charge >= 0.3 is 0 Å². The Morgan fingerprint density at radius 2 is 1.67 bits per heavy atom. The molecule has 8 rings (SSSR count). The van der Waals surface area contributed by atoms with Gasteiger partial charge in [0, 0.05) is 28.1 Å². The van der Waals surface area contributed by atoms with Gasteiger partial charge in [0.15, 0.2) is 5.65 Å². The number of nitrogens with one attached hydrogen (secondary N) is 1. The van der Waals surface area contributed by atoms with Crippen LogP contribution < -0.4 is 0 Å². The molecule has 0 radical (unpaired) electrons. The third-order valence-electron chi connectivity index (χ3n) is 10.5. The quantitative estimate of drug-likeness (QED) is 0.317. The summed E-state index contributed by atoms with van der Waals surface area (Å²) < 4.78 is 13.0. The zero-order chi connectivity index (χ0) is 26.6. The average Bonchev–Trinajstić information content (AvgIpc) is 3.47. The first-order valence-electron chi connectivity index (χ1n) is 14.7. The summed E-state index contributed by atoms with van der Waals surface area (Å²) in [6, 6.07) is 1.98. The molecule has 7 nitrogen and oxygen atoms in total. The van der Waals surface area contributed by atoms with E-state index in [0.29, 0.717) is 29.3 Å². The fourth-order valence-corrected chi connectivity index (χ4v) is 9.55. The van der Waals surface area contributed by atoms with Crippen molar-refractivity contribution >= 4 is 27.2 Å². The summed E-state index contributed by atoms with van der Waals surface area (Å²) in [4.78, 5) is 14.1. The van der Waals surface area contributed by atoms with Crippen LogP contribution in [-0.4, -0.2) is 69.0 Å². The second kappa shape index (κ2) is 8.62. The summed E-state index contributed by atoms with van der Waals surface area (Å²) in [5, 5.41) is 5.92. The zero-order valence-corrected chi connectivity index (χ0v) is 24.5. The predicted molar refractivity (Wildman–Crippen MR) is 155 cm³/mol. The summed E-state index contributed by atoms with van der Waals surface area (Å²) in [6.07, 6.45) is 9.24. The van der Waals surface area contributed by atoms with Crippen LogP contribution in [0.2, 0.25) is 0 Å². The average molecular weight is 546 g/mol. The number of rotatable bonds is 6. The Kier molecular flexibility index (Phi) is 5.42. The summed E-state index contributed by atoms with van der Waals surface area (Å²) in [5.41, 5.74) is 9.43. The van der Waals surface area contributed by atoms with Crippen molar-refractivity contribution < 1.29 is 9.47 Å². The van der Waals surface area contributed by atoms with Gasteiger partial charge in [0.05, 0.1) is 44.2 Å². The molecule has 2 saturated heterocycles. The van der Waals surface area contributed by atoms with E-state index in [0.717, 1.165) is 38.1 Å². The molecule has 0 unspecified atom stereocenters. The minimum absolute atomic E-state index is 0.429. The molecule has 1 spiro atoms. The second-order valence-corrected chi connectivity index (χ2v) is 14.2. The van der Waals surface area contributed by atoms with Gasteiger partial charge in [-0.1, -0.05) is 13.8 Å². The highest BCUT2D eigenvalue weighted by molar-refractivity contribution is 7.19. The standard InChI is InChI=1S/C31H39N5O2S/c1-16(2)25-26-19(5)28(39-30(26)34-27(25)24-10-35-29(32-15-33-35)18(4)17(24)3)20-6-31(7-20)8-21(9-31)36(22-11-37-12-22)23-13-38-14-23/h10,15-16,20-23,34H,6-9,11-14H2,1-5H3. The number of pyridine rings is 1. The maximum Gasteiger partial charge on any atom is 0.158 e. The topological polar surface area (TPSA) is 67.7 Å². The molecule has 2 saturated carbocycles. The normalized spacial score (nSPS) is 27.5. The number of aromatic nitrogens is 4. The van der Waals surface area contributed by atoms with Crippen LogP contribution in [-0.2, 0) is 9.47 Å². The van der Waals surface area contributed by atoms with E-state index in [2.05, 4.69) is 60.8 Å². The van der Waals surface area contributed by atoms with E-state index >= 15 is 0 Å². The molecular weight excluding hydrogens is 506 g/mol. The highest BCUT2D eigenvalue weighted by Gasteiger charge is 2.57. The lowest BCUT2D eigenvalue weighted by atomic mass is 9.49. The molecule has 4 aromatic heterocycles. The van der Waals surface area contributed by atoms with Gasteiger partial charge in [-0.2, -0.15) is 5.10 Å². The van der Waals surface area contributed by atoms with Gasteiger partial charge in [0.25, 0.3) is 0 Å². The third-order valence-corrected chi connectivity index (χ3v) is 11.9. The fourth-order valence-electron chi connectivity index (χ4n) is 8.22. The molecule has 0 bridgehead atoms. The lowest BCUT2D eigenvalue weighted by molar-refractivity contribution is -0.189. The molecule has 2 aliphatic heterocycles. The lowest BCUT2D eigenvalue weighted by Crippen LogP contribution is -2.67. The van der Waals surface area contributed by atoms with E-state index < -0.39 is 0 Å². The van der Waals surface area contributed by atoms with Gasteiger partial charge in [-0.25, -0.2) is 9.50 Å². The van der Waals surface area contributed by atoms with Crippen LogP contribution in [0.15, 0.2) is 12.5 Å². The Labute approximate surface area is 233 Å².